The Hall–Kier alpha value is 0.160. The van der Waals surface area contributed by atoms with E-state index in [1.807, 2.05) is 22.9 Å². The van der Waals surface area contributed by atoms with Gasteiger partial charge in [-0.25, -0.2) is 0 Å². The van der Waals surface area contributed by atoms with E-state index in [0.29, 0.717) is 18.9 Å². The minimum atomic E-state index is 0.0279. The van der Waals surface area contributed by atoms with Crippen molar-refractivity contribution in [3.8, 4) is 0 Å². The van der Waals surface area contributed by atoms with Crippen LogP contribution < -0.4 is 3.53 Å². The van der Waals surface area contributed by atoms with Crippen molar-refractivity contribution in [3.05, 3.63) is 0 Å². The molecule has 0 fully saturated rings. The molecule has 0 atom stereocenters. The van der Waals surface area contributed by atoms with Crippen LogP contribution in [0.2, 0.25) is 0 Å². The lowest BCUT2D eigenvalue weighted by atomic mass is 10.1. The van der Waals surface area contributed by atoms with Crippen LogP contribution in [0.4, 0.5) is 0 Å². The van der Waals surface area contributed by atoms with Gasteiger partial charge in [-0.3, -0.25) is 8.32 Å². The van der Waals surface area contributed by atoms with Crippen molar-refractivity contribution in [2.75, 3.05) is 13.2 Å². The summed E-state index contributed by atoms with van der Waals surface area (Å²) in [4.78, 5) is 10.7. The van der Waals surface area contributed by atoms with Crippen LogP contribution >= 0.6 is 22.9 Å². The highest BCUT2D eigenvalue weighted by Gasteiger charge is 1.98. The largest absolute Gasteiger partial charge is 0.381 e. The van der Waals surface area contributed by atoms with Gasteiger partial charge in [0.2, 0.25) is 5.91 Å². The normalized spacial score (nSPS) is 10.3. The number of rotatable bonds is 6. The van der Waals surface area contributed by atoms with Gasteiger partial charge in [0.25, 0.3) is 0 Å². The number of hydrogen-bond acceptors (Lipinski definition) is 2. The van der Waals surface area contributed by atoms with Gasteiger partial charge in [0.05, 0.1) is 35.9 Å². The molecule has 0 radical (unpaired) electrons. The number of nitrogens with one attached hydrogen (secondary N) is 1. The van der Waals surface area contributed by atoms with Crippen LogP contribution in [0.5, 0.6) is 0 Å². The first-order valence-corrected chi connectivity index (χ1v) is 5.22. The highest BCUT2D eigenvalue weighted by atomic mass is 127. The maximum atomic E-state index is 10.7. The number of carbonyl (C=O) groups excluding carboxylic acids is 1. The first-order valence-electron chi connectivity index (χ1n) is 4.14. The Morgan fingerprint density at radius 3 is 2.67 bits per heavy atom. The summed E-state index contributed by atoms with van der Waals surface area (Å²) < 4.78 is 7.77. The predicted molar refractivity (Wildman–Crippen MR) is 57.1 cm³/mol. The third-order valence-corrected chi connectivity index (χ3v) is 2.02. The molecule has 0 aliphatic heterocycles. The van der Waals surface area contributed by atoms with Crippen LogP contribution in [0.25, 0.3) is 0 Å². The number of halogens is 1. The molecule has 0 saturated heterocycles. The maximum absolute atomic E-state index is 10.7. The molecule has 0 rings (SSSR count). The van der Waals surface area contributed by atoms with Gasteiger partial charge in [0, 0.05) is 6.61 Å². The van der Waals surface area contributed by atoms with E-state index >= 15 is 0 Å². The Morgan fingerprint density at radius 1 is 1.50 bits per heavy atom. The molecule has 0 spiro atoms. The smallest absolute Gasteiger partial charge is 0.230 e. The quantitative estimate of drug-likeness (QED) is 0.460. The second kappa shape index (κ2) is 7.79. The van der Waals surface area contributed by atoms with Gasteiger partial charge in [-0.1, -0.05) is 13.8 Å². The van der Waals surface area contributed by atoms with E-state index < -0.39 is 0 Å². The average molecular weight is 285 g/mol. The van der Waals surface area contributed by atoms with Gasteiger partial charge >= 0.3 is 0 Å². The van der Waals surface area contributed by atoms with Gasteiger partial charge < -0.3 is 4.74 Å². The first-order chi connectivity index (χ1) is 5.66. The Morgan fingerprint density at radius 2 is 2.17 bits per heavy atom. The summed E-state index contributed by atoms with van der Waals surface area (Å²) in [6.07, 6.45) is 1.52. The van der Waals surface area contributed by atoms with Crippen LogP contribution in [0.3, 0.4) is 0 Å². The molecular weight excluding hydrogens is 269 g/mol. The Balaban J connectivity index is 3.05. The van der Waals surface area contributed by atoms with Crippen molar-refractivity contribution < 1.29 is 9.53 Å². The molecule has 0 aliphatic carbocycles. The summed E-state index contributed by atoms with van der Waals surface area (Å²) in [6.45, 7) is 5.59. The molecule has 3 nitrogen and oxygen atoms in total. The van der Waals surface area contributed by atoms with Gasteiger partial charge in [-0.05, 0) is 12.3 Å². The number of carbonyl (C=O) groups is 1. The lowest BCUT2D eigenvalue weighted by Gasteiger charge is -2.05. The van der Waals surface area contributed by atoms with Crippen LogP contribution in [-0.2, 0) is 9.53 Å². The zero-order valence-corrected chi connectivity index (χ0v) is 9.76. The van der Waals surface area contributed by atoms with E-state index in [9.17, 15) is 4.79 Å². The van der Waals surface area contributed by atoms with Crippen LogP contribution in [0.15, 0.2) is 0 Å². The van der Waals surface area contributed by atoms with Crippen LogP contribution in [0.1, 0.15) is 26.7 Å². The van der Waals surface area contributed by atoms with E-state index in [0.717, 1.165) is 13.0 Å². The third-order valence-electron chi connectivity index (χ3n) is 1.42. The molecule has 0 aliphatic rings. The van der Waals surface area contributed by atoms with Gasteiger partial charge in [0.15, 0.2) is 0 Å². The summed E-state index contributed by atoms with van der Waals surface area (Å²) in [5.41, 5.74) is 0. The maximum Gasteiger partial charge on any atom is 0.230 e. The van der Waals surface area contributed by atoms with Crippen LogP contribution in [-0.4, -0.2) is 19.1 Å². The molecule has 1 N–H and O–H groups in total. The summed E-state index contributed by atoms with van der Waals surface area (Å²) in [5.74, 6) is 0.698. The highest BCUT2D eigenvalue weighted by molar-refractivity contribution is 14.1. The molecule has 0 unspecified atom stereocenters. The summed E-state index contributed by atoms with van der Waals surface area (Å²) >= 11 is 1.83. The molecular formula is C8H16INO2. The molecule has 1 amide bonds. The minimum Gasteiger partial charge on any atom is -0.381 e. The molecule has 12 heavy (non-hydrogen) atoms. The minimum absolute atomic E-state index is 0.0279. The molecule has 0 bridgehead atoms. The van der Waals surface area contributed by atoms with Crippen molar-refractivity contribution in [3.63, 3.8) is 0 Å². The number of ether oxygens (including phenoxy) is 1. The van der Waals surface area contributed by atoms with Gasteiger partial charge in [-0.15, -0.1) is 0 Å². The summed E-state index contributed by atoms with van der Waals surface area (Å²) in [6, 6.07) is 0. The van der Waals surface area contributed by atoms with Crippen molar-refractivity contribution in [2.45, 2.75) is 26.7 Å². The average Bonchev–Trinajstić information content (AvgIpc) is 2.03. The molecule has 0 heterocycles. The first kappa shape index (κ1) is 12.2. The fourth-order valence-electron chi connectivity index (χ4n) is 0.633. The zero-order valence-electron chi connectivity index (χ0n) is 7.60. The fraction of sp³-hybridized carbons (Fsp3) is 0.875. The summed E-state index contributed by atoms with van der Waals surface area (Å²) in [7, 11) is 0. The monoisotopic (exact) mass is 285 g/mol. The third kappa shape index (κ3) is 8.26. The van der Waals surface area contributed by atoms with Gasteiger partial charge in [-0.2, -0.15) is 0 Å². The molecule has 0 saturated carbocycles. The topological polar surface area (TPSA) is 38.3 Å². The van der Waals surface area contributed by atoms with E-state index in [1.54, 1.807) is 0 Å². The zero-order chi connectivity index (χ0) is 9.40. The predicted octanol–water partition coefficient (Wildman–Crippen LogP) is 1.91. The van der Waals surface area contributed by atoms with Gasteiger partial charge in [0.1, 0.15) is 0 Å². The van der Waals surface area contributed by atoms with E-state index in [1.165, 1.54) is 0 Å². The molecule has 0 aromatic carbocycles. The van der Waals surface area contributed by atoms with Crippen molar-refractivity contribution in [1.82, 2.24) is 3.53 Å². The Kier molecular flexibility index (Phi) is 7.89. The lowest BCUT2D eigenvalue weighted by Crippen LogP contribution is -2.14. The van der Waals surface area contributed by atoms with E-state index in [2.05, 4.69) is 17.4 Å². The highest BCUT2D eigenvalue weighted by Crippen LogP contribution is 1.99. The standard InChI is InChI=1S/C8H16INO2/c1-7(2)3-5-12-6-4-8(11)10-9/h7H,3-6H2,1-2H3,(H,10,11). The van der Waals surface area contributed by atoms with Crippen molar-refractivity contribution in [1.29, 1.82) is 0 Å². The second-order valence-corrected chi connectivity index (χ2v) is 3.60. The Bertz CT molecular complexity index is 128. The fourth-order valence-corrected chi connectivity index (χ4v) is 0.903. The SMILES string of the molecule is CC(C)CCOCCC(=O)NI. The Labute approximate surface area is 87.7 Å². The van der Waals surface area contributed by atoms with Crippen molar-refractivity contribution >= 4 is 28.8 Å². The second-order valence-electron chi connectivity index (χ2n) is 3.06. The molecule has 72 valence electrons. The van der Waals surface area contributed by atoms with E-state index in [-0.39, 0.29) is 5.91 Å². The molecule has 0 aromatic heterocycles. The number of amides is 1. The van der Waals surface area contributed by atoms with E-state index in [4.69, 9.17) is 4.74 Å². The number of hydrogen-bond donors (Lipinski definition) is 1. The molecule has 0 aromatic rings. The molecule has 4 heteroatoms. The van der Waals surface area contributed by atoms with Crippen LogP contribution in [0, 0.1) is 5.92 Å². The summed E-state index contributed by atoms with van der Waals surface area (Å²) in [5, 5.41) is 0. The van der Waals surface area contributed by atoms with Crippen molar-refractivity contribution in [2.24, 2.45) is 5.92 Å². The lowest BCUT2D eigenvalue weighted by molar-refractivity contribution is -0.119.